The third kappa shape index (κ3) is 4.42. The van der Waals surface area contributed by atoms with Crippen LogP contribution in [0, 0.1) is 23.7 Å². The average Bonchev–Trinajstić information content (AvgIpc) is 3.92. The molecule has 4 fully saturated rings. The van der Waals surface area contributed by atoms with Crippen LogP contribution in [0.25, 0.3) is 88.5 Å². The van der Waals surface area contributed by atoms with Crippen LogP contribution in [-0.4, -0.2) is 14.1 Å². The van der Waals surface area contributed by atoms with Crippen molar-refractivity contribution in [1.82, 2.24) is 14.1 Å². The molecule has 4 bridgehead atoms. The zero-order chi connectivity index (χ0) is 39.1. The van der Waals surface area contributed by atoms with Gasteiger partial charge in [-0.05, 0) is 150 Å². The minimum Gasteiger partial charge on any atom is -0.309 e. The van der Waals surface area contributed by atoms with Crippen LogP contribution >= 0.6 is 0 Å². The highest BCUT2D eigenvalue weighted by Crippen LogP contribution is 2.69. The van der Waals surface area contributed by atoms with Gasteiger partial charge in [-0.15, -0.1) is 0 Å². The number of pyridine rings is 1. The Morgan fingerprint density at radius 1 is 0.400 bits per heavy atom. The van der Waals surface area contributed by atoms with Crippen LogP contribution in [0.2, 0.25) is 0 Å². The molecule has 60 heavy (non-hydrogen) atoms. The Bertz CT molecular complexity index is 3350. The van der Waals surface area contributed by atoms with Gasteiger partial charge in [-0.1, -0.05) is 109 Å². The van der Waals surface area contributed by atoms with Crippen molar-refractivity contribution in [3.8, 4) is 44.9 Å². The Morgan fingerprint density at radius 2 is 0.950 bits per heavy atom. The van der Waals surface area contributed by atoms with Crippen molar-refractivity contribution in [2.45, 2.75) is 37.5 Å². The number of benzene rings is 7. The predicted octanol–water partition coefficient (Wildman–Crippen LogP) is 14.3. The van der Waals surface area contributed by atoms with E-state index in [2.05, 4.69) is 173 Å². The summed E-state index contributed by atoms with van der Waals surface area (Å²) in [7, 11) is 0. The van der Waals surface area contributed by atoms with Gasteiger partial charge in [0.15, 0.2) is 0 Å². The van der Waals surface area contributed by atoms with Gasteiger partial charge in [0.1, 0.15) is 0 Å². The average molecular weight is 770 g/mol. The highest BCUT2D eigenvalue weighted by atomic mass is 15.0. The molecule has 10 aromatic rings. The minimum atomic E-state index is 0.144. The number of para-hydroxylation sites is 2. The number of aromatic nitrogens is 3. The molecule has 7 aromatic carbocycles. The van der Waals surface area contributed by atoms with Gasteiger partial charge in [-0.2, -0.15) is 0 Å². The van der Waals surface area contributed by atoms with E-state index in [-0.39, 0.29) is 5.41 Å². The van der Waals surface area contributed by atoms with Crippen molar-refractivity contribution in [2.24, 2.45) is 23.7 Å². The van der Waals surface area contributed by atoms with Crippen molar-refractivity contribution in [3.05, 3.63) is 187 Å². The van der Waals surface area contributed by atoms with Gasteiger partial charge in [0.2, 0.25) is 0 Å². The van der Waals surface area contributed by atoms with E-state index in [0.717, 1.165) is 40.6 Å². The third-order valence-electron chi connectivity index (χ3n) is 15.6. The van der Waals surface area contributed by atoms with E-state index in [9.17, 15) is 0 Å². The molecule has 0 aliphatic heterocycles. The summed E-state index contributed by atoms with van der Waals surface area (Å²) in [6.07, 6.45) is 9.07. The molecule has 0 radical (unpaired) electrons. The summed E-state index contributed by atoms with van der Waals surface area (Å²) in [6, 6.07) is 63.6. The number of rotatable bonds is 4. The van der Waals surface area contributed by atoms with Crippen molar-refractivity contribution in [2.75, 3.05) is 0 Å². The second-order valence-corrected chi connectivity index (χ2v) is 18.4. The molecule has 3 heterocycles. The maximum Gasteiger partial charge on any atom is 0.0703 e. The van der Waals surface area contributed by atoms with Gasteiger partial charge < -0.3 is 9.13 Å². The standard InChI is InChI=1S/C57H43N3/c1-2-10-37(11-3-1)52-23-21-43(34-58-52)60-54-17-9-6-14-47(54)49-32-39(19-25-56(49)60)38-18-24-55-48(31-38)46-13-5-8-16-53(46)59(55)42-20-22-45-44-12-4-7-15-50(44)57(51(45)33-42)40-27-35-26-36(29-40)30-41(57)28-35/h1-25,31-36,40-41H,26-30H2. The van der Waals surface area contributed by atoms with Crippen molar-refractivity contribution in [1.29, 1.82) is 0 Å². The lowest BCUT2D eigenvalue weighted by Crippen LogP contribution is -2.55. The minimum absolute atomic E-state index is 0.144. The quantitative estimate of drug-likeness (QED) is 0.175. The molecule has 5 aliphatic carbocycles. The van der Waals surface area contributed by atoms with Gasteiger partial charge in [0.05, 0.1) is 39.6 Å². The summed E-state index contributed by atoms with van der Waals surface area (Å²) in [5, 5.41) is 5.08. The van der Waals surface area contributed by atoms with E-state index in [1.165, 1.54) is 104 Å². The molecule has 0 amide bonds. The van der Waals surface area contributed by atoms with E-state index >= 15 is 0 Å². The number of nitrogens with zero attached hydrogens (tertiary/aromatic N) is 3. The van der Waals surface area contributed by atoms with E-state index < -0.39 is 0 Å². The van der Waals surface area contributed by atoms with Gasteiger partial charge >= 0.3 is 0 Å². The lowest BCUT2D eigenvalue weighted by Gasteiger charge is -2.61. The van der Waals surface area contributed by atoms with Crippen LogP contribution in [0.15, 0.2) is 176 Å². The van der Waals surface area contributed by atoms with E-state index in [0.29, 0.717) is 0 Å². The molecule has 3 heteroatoms. The summed E-state index contributed by atoms with van der Waals surface area (Å²) in [5.41, 5.74) is 18.1. The SMILES string of the molecule is c1ccc(-c2ccc(-n3c4ccccc4c4cc(-c5ccc6c(c5)c5ccccc5n6-c5ccc6c(c5)C5(c7ccccc7-6)C6CC7CC(C6)CC5C7)ccc43)cn2)cc1. The largest absolute Gasteiger partial charge is 0.309 e. The Morgan fingerprint density at radius 3 is 1.60 bits per heavy atom. The highest BCUT2D eigenvalue weighted by molar-refractivity contribution is 6.12. The first-order chi connectivity index (χ1) is 29.7. The first kappa shape index (κ1) is 33.2. The molecular weight excluding hydrogens is 727 g/mol. The lowest BCUT2D eigenvalue weighted by molar-refractivity contribution is -0.0399. The Hall–Kier alpha value is -6.71. The fourth-order valence-electron chi connectivity index (χ4n) is 13.4. The highest BCUT2D eigenvalue weighted by Gasteiger charge is 2.61. The molecule has 286 valence electrons. The second-order valence-electron chi connectivity index (χ2n) is 18.4. The first-order valence-electron chi connectivity index (χ1n) is 22.0. The molecule has 4 saturated carbocycles. The molecule has 15 rings (SSSR count). The van der Waals surface area contributed by atoms with Crippen molar-refractivity contribution < 1.29 is 0 Å². The molecule has 0 atom stereocenters. The topological polar surface area (TPSA) is 22.8 Å². The van der Waals surface area contributed by atoms with Crippen LogP contribution < -0.4 is 0 Å². The van der Waals surface area contributed by atoms with Crippen LogP contribution in [0.4, 0.5) is 0 Å². The molecule has 0 saturated heterocycles. The molecule has 0 N–H and O–H groups in total. The fourth-order valence-corrected chi connectivity index (χ4v) is 13.4. The van der Waals surface area contributed by atoms with Crippen molar-refractivity contribution >= 4 is 43.6 Å². The maximum absolute atomic E-state index is 4.90. The number of fused-ring (bicyclic) bond motifs is 9. The molecule has 1 spiro atoms. The monoisotopic (exact) mass is 769 g/mol. The number of hydrogen-bond donors (Lipinski definition) is 0. The molecular formula is C57H43N3. The predicted molar refractivity (Wildman–Crippen MR) is 247 cm³/mol. The van der Waals surface area contributed by atoms with Crippen LogP contribution in [0.1, 0.15) is 43.2 Å². The fraction of sp³-hybridized carbons (Fsp3) is 0.175. The second kappa shape index (κ2) is 12.2. The van der Waals surface area contributed by atoms with Gasteiger partial charge in [-0.3, -0.25) is 4.98 Å². The van der Waals surface area contributed by atoms with E-state index in [1.807, 2.05) is 12.3 Å². The van der Waals surface area contributed by atoms with Crippen molar-refractivity contribution in [3.63, 3.8) is 0 Å². The smallest absolute Gasteiger partial charge is 0.0703 e. The van der Waals surface area contributed by atoms with E-state index in [4.69, 9.17) is 4.98 Å². The Kier molecular flexibility index (Phi) is 6.73. The molecule has 3 aromatic heterocycles. The maximum atomic E-state index is 4.90. The zero-order valence-corrected chi connectivity index (χ0v) is 33.4. The summed E-state index contributed by atoms with van der Waals surface area (Å²) < 4.78 is 4.91. The Balaban J connectivity index is 0.902. The Labute approximate surface area is 349 Å². The molecule has 3 nitrogen and oxygen atoms in total. The number of hydrogen-bond acceptors (Lipinski definition) is 1. The molecule has 0 unspecified atom stereocenters. The summed E-state index contributed by atoms with van der Waals surface area (Å²) >= 11 is 0. The third-order valence-corrected chi connectivity index (χ3v) is 15.6. The van der Waals surface area contributed by atoms with Gasteiger partial charge in [-0.25, -0.2) is 0 Å². The summed E-state index contributed by atoms with van der Waals surface area (Å²) in [4.78, 5) is 4.90. The zero-order valence-electron chi connectivity index (χ0n) is 33.4. The normalized spacial score (nSPS) is 22.4. The van der Waals surface area contributed by atoms with E-state index in [1.54, 1.807) is 11.1 Å². The summed E-state index contributed by atoms with van der Waals surface area (Å²) in [5.74, 6) is 3.35. The van der Waals surface area contributed by atoms with Crippen LogP contribution in [-0.2, 0) is 5.41 Å². The van der Waals surface area contributed by atoms with Gasteiger partial charge in [0, 0.05) is 38.2 Å². The first-order valence-corrected chi connectivity index (χ1v) is 22.0. The molecule has 5 aliphatic rings. The van der Waals surface area contributed by atoms with Gasteiger partial charge in [0.25, 0.3) is 0 Å². The summed E-state index contributed by atoms with van der Waals surface area (Å²) in [6.45, 7) is 0. The van der Waals surface area contributed by atoms with Crippen LogP contribution in [0.3, 0.4) is 0 Å². The van der Waals surface area contributed by atoms with Crippen LogP contribution in [0.5, 0.6) is 0 Å². The lowest BCUT2D eigenvalue weighted by atomic mass is 9.43.